The van der Waals surface area contributed by atoms with Gasteiger partial charge in [-0.3, -0.25) is 4.79 Å². The molecule has 2 nitrogen and oxygen atoms in total. The van der Waals surface area contributed by atoms with Crippen molar-refractivity contribution in [3.63, 3.8) is 0 Å². The van der Waals surface area contributed by atoms with Crippen molar-refractivity contribution in [2.24, 2.45) is 5.92 Å². The van der Waals surface area contributed by atoms with Crippen molar-refractivity contribution in [1.29, 1.82) is 0 Å². The minimum absolute atomic E-state index is 0.00869. The van der Waals surface area contributed by atoms with Gasteiger partial charge in [0.2, 0.25) is 0 Å². The lowest BCUT2D eigenvalue weighted by Crippen LogP contribution is -2.22. The zero-order valence-corrected chi connectivity index (χ0v) is 7.91. The number of carbonyl (C=O) groups excluding carboxylic acids is 1. The van der Waals surface area contributed by atoms with Gasteiger partial charge in [-0.2, -0.15) is 0 Å². The third-order valence-corrected chi connectivity index (χ3v) is 2.54. The van der Waals surface area contributed by atoms with Crippen LogP contribution in [0.2, 0.25) is 0 Å². The van der Waals surface area contributed by atoms with Gasteiger partial charge >= 0.3 is 0 Å². The van der Waals surface area contributed by atoms with Gasteiger partial charge in [-0.1, -0.05) is 0 Å². The standard InChI is InChI=1S/C11H10F2O2/c12-8-4-3-7(5-9(8)13)11(15)10(14)6-1-2-6/h3-6,10,14H,1-2H2. The fourth-order valence-corrected chi connectivity index (χ4v) is 1.45. The molecule has 0 aliphatic heterocycles. The number of halogens is 2. The minimum Gasteiger partial charge on any atom is -0.385 e. The van der Waals surface area contributed by atoms with Crippen LogP contribution < -0.4 is 0 Å². The highest BCUT2D eigenvalue weighted by Crippen LogP contribution is 2.34. The van der Waals surface area contributed by atoms with Crippen molar-refractivity contribution in [2.75, 3.05) is 0 Å². The van der Waals surface area contributed by atoms with Crippen LogP contribution in [0.5, 0.6) is 0 Å². The molecule has 1 fully saturated rings. The van der Waals surface area contributed by atoms with Crippen molar-refractivity contribution in [3.8, 4) is 0 Å². The second-order valence-corrected chi connectivity index (χ2v) is 3.78. The molecule has 0 radical (unpaired) electrons. The van der Waals surface area contributed by atoms with Crippen LogP contribution in [-0.4, -0.2) is 17.0 Å². The molecule has 1 aromatic rings. The predicted molar refractivity (Wildman–Crippen MR) is 49.4 cm³/mol. The predicted octanol–water partition coefficient (Wildman–Crippen LogP) is 1.92. The monoisotopic (exact) mass is 212 g/mol. The summed E-state index contributed by atoms with van der Waals surface area (Å²) < 4.78 is 25.4. The molecule has 4 heteroatoms. The molecule has 1 aliphatic carbocycles. The van der Waals surface area contributed by atoms with Gasteiger partial charge in [-0.25, -0.2) is 8.78 Å². The summed E-state index contributed by atoms with van der Waals surface area (Å²) in [6.45, 7) is 0. The normalized spacial score (nSPS) is 17.5. The van der Waals surface area contributed by atoms with E-state index in [0.717, 1.165) is 25.0 Å². The Labute approximate surface area is 85.5 Å². The van der Waals surface area contributed by atoms with E-state index < -0.39 is 23.5 Å². The molecular weight excluding hydrogens is 202 g/mol. The Balaban J connectivity index is 2.21. The van der Waals surface area contributed by atoms with Crippen LogP contribution in [0.25, 0.3) is 0 Å². The Hall–Kier alpha value is -1.29. The summed E-state index contributed by atoms with van der Waals surface area (Å²) in [4.78, 5) is 11.6. The van der Waals surface area contributed by atoms with Crippen LogP contribution >= 0.6 is 0 Å². The number of hydrogen-bond acceptors (Lipinski definition) is 2. The molecule has 1 atom stereocenters. The largest absolute Gasteiger partial charge is 0.385 e. The van der Waals surface area contributed by atoms with Gasteiger partial charge in [0.25, 0.3) is 0 Å². The summed E-state index contributed by atoms with van der Waals surface area (Å²) in [5, 5.41) is 9.51. The fraction of sp³-hybridized carbons (Fsp3) is 0.364. The van der Waals surface area contributed by atoms with E-state index in [1.165, 1.54) is 6.07 Å². The first-order chi connectivity index (χ1) is 7.09. The Morgan fingerprint density at radius 2 is 2.00 bits per heavy atom. The molecule has 1 N–H and O–H groups in total. The summed E-state index contributed by atoms with van der Waals surface area (Å²) in [5.74, 6) is -2.60. The van der Waals surface area contributed by atoms with Crippen molar-refractivity contribution in [3.05, 3.63) is 35.4 Å². The minimum atomic E-state index is -1.07. The van der Waals surface area contributed by atoms with Crippen molar-refractivity contribution >= 4 is 5.78 Å². The van der Waals surface area contributed by atoms with E-state index in [0.29, 0.717) is 0 Å². The molecule has 0 saturated heterocycles. The van der Waals surface area contributed by atoms with Crippen LogP contribution in [0.4, 0.5) is 8.78 Å². The van der Waals surface area contributed by atoms with Crippen molar-refractivity contribution in [1.82, 2.24) is 0 Å². The summed E-state index contributed by atoms with van der Waals surface area (Å²) in [6, 6.07) is 2.90. The molecule has 0 aromatic heterocycles. The highest BCUT2D eigenvalue weighted by molar-refractivity contribution is 5.99. The first kappa shape index (κ1) is 10.2. The molecule has 80 valence electrons. The molecule has 0 bridgehead atoms. The van der Waals surface area contributed by atoms with Crippen LogP contribution in [-0.2, 0) is 0 Å². The molecule has 0 heterocycles. The zero-order valence-electron chi connectivity index (χ0n) is 7.91. The number of hydrogen-bond donors (Lipinski definition) is 1. The van der Waals surface area contributed by atoms with Crippen LogP contribution in [0.15, 0.2) is 18.2 Å². The van der Waals surface area contributed by atoms with E-state index in [9.17, 15) is 18.7 Å². The van der Waals surface area contributed by atoms with Crippen molar-refractivity contribution in [2.45, 2.75) is 18.9 Å². The van der Waals surface area contributed by atoms with Crippen molar-refractivity contribution < 1.29 is 18.7 Å². The van der Waals surface area contributed by atoms with E-state index in [1.807, 2.05) is 0 Å². The third-order valence-electron chi connectivity index (χ3n) is 2.54. The van der Waals surface area contributed by atoms with Gasteiger partial charge in [0, 0.05) is 5.56 Å². The third kappa shape index (κ3) is 2.04. The van der Waals surface area contributed by atoms with Gasteiger partial charge in [-0.15, -0.1) is 0 Å². The highest BCUT2D eigenvalue weighted by atomic mass is 19.2. The maximum Gasteiger partial charge on any atom is 0.191 e. The van der Waals surface area contributed by atoms with Gasteiger partial charge in [0.05, 0.1) is 0 Å². The average Bonchev–Trinajstić information content (AvgIpc) is 3.03. The molecule has 2 rings (SSSR count). The van der Waals surface area contributed by atoms with E-state index >= 15 is 0 Å². The number of rotatable bonds is 3. The van der Waals surface area contributed by atoms with E-state index in [1.54, 1.807) is 0 Å². The molecule has 0 amide bonds. The Kier molecular flexibility index (Phi) is 2.52. The second-order valence-electron chi connectivity index (χ2n) is 3.78. The lowest BCUT2D eigenvalue weighted by atomic mass is 10.0. The van der Waals surface area contributed by atoms with Gasteiger partial charge in [0.1, 0.15) is 6.10 Å². The van der Waals surface area contributed by atoms with Gasteiger partial charge in [0.15, 0.2) is 17.4 Å². The summed E-state index contributed by atoms with van der Waals surface area (Å²) >= 11 is 0. The Morgan fingerprint density at radius 3 is 2.53 bits per heavy atom. The lowest BCUT2D eigenvalue weighted by Gasteiger charge is -2.07. The number of benzene rings is 1. The van der Waals surface area contributed by atoms with E-state index in [-0.39, 0.29) is 11.5 Å². The van der Waals surface area contributed by atoms with Crippen LogP contribution in [0, 0.1) is 17.6 Å². The van der Waals surface area contributed by atoms with E-state index in [2.05, 4.69) is 0 Å². The maximum absolute atomic E-state index is 12.8. The first-order valence-corrected chi connectivity index (χ1v) is 4.77. The second kappa shape index (κ2) is 3.70. The number of aliphatic hydroxyl groups is 1. The summed E-state index contributed by atoms with van der Waals surface area (Å²) in [7, 11) is 0. The van der Waals surface area contributed by atoms with Crippen LogP contribution in [0.3, 0.4) is 0 Å². The molecule has 0 spiro atoms. The van der Waals surface area contributed by atoms with Crippen LogP contribution in [0.1, 0.15) is 23.2 Å². The number of aliphatic hydroxyl groups excluding tert-OH is 1. The molecule has 1 aliphatic rings. The smallest absolute Gasteiger partial charge is 0.191 e. The molecule has 1 saturated carbocycles. The molecule has 1 unspecified atom stereocenters. The molecule has 1 aromatic carbocycles. The highest BCUT2D eigenvalue weighted by Gasteiger charge is 2.35. The first-order valence-electron chi connectivity index (χ1n) is 4.77. The Morgan fingerprint density at radius 1 is 1.33 bits per heavy atom. The number of Topliss-reactive ketones (excluding diaryl/α,β-unsaturated/α-hetero) is 1. The topological polar surface area (TPSA) is 37.3 Å². The average molecular weight is 212 g/mol. The molecular formula is C11H10F2O2. The zero-order chi connectivity index (χ0) is 11.0. The van der Waals surface area contributed by atoms with Gasteiger partial charge < -0.3 is 5.11 Å². The fourth-order valence-electron chi connectivity index (χ4n) is 1.45. The number of ketones is 1. The number of carbonyl (C=O) groups is 1. The summed E-state index contributed by atoms with van der Waals surface area (Å²) in [6.07, 6.45) is 0.558. The Bertz CT molecular complexity index is 400. The summed E-state index contributed by atoms with van der Waals surface area (Å²) in [5.41, 5.74) is 0.0216. The quantitative estimate of drug-likeness (QED) is 0.777. The molecule has 15 heavy (non-hydrogen) atoms. The maximum atomic E-state index is 12.8. The van der Waals surface area contributed by atoms with Gasteiger partial charge in [-0.05, 0) is 37.0 Å². The SMILES string of the molecule is O=C(c1ccc(F)c(F)c1)C(O)C1CC1. The lowest BCUT2D eigenvalue weighted by molar-refractivity contribution is 0.0703. The van der Waals surface area contributed by atoms with E-state index in [4.69, 9.17) is 0 Å².